The van der Waals surface area contributed by atoms with Crippen molar-refractivity contribution in [1.82, 2.24) is 10.2 Å². The van der Waals surface area contributed by atoms with Gasteiger partial charge in [-0.3, -0.25) is 9.59 Å². The lowest BCUT2D eigenvalue weighted by atomic mass is 9.92. The second kappa shape index (κ2) is 8.89. The van der Waals surface area contributed by atoms with Crippen LogP contribution in [-0.2, 0) is 4.79 Å². The summed E-state index contributed by atoms with van der Waals surface area (Å²) >= 11 is 0. The van der Waals surface area contributed by atoms with Crippen molar-refractivity contribution in [3.63, 3.8) is 0 Å². The third kappa shape index (κ3) is 5.49. The Balaban J connectivity index is 1.73. The molecule has 138 valence electrons. The van der Waals surface area contributed by atoms with E-state index in [2.05, 4.69) is 5.32 Å². The number of piperidine rings is 1. The van der Waals surface area contributed by atoms with E-state index in [1.54, 1.807) is 0 Å². The fraction of sp³-hybridized carbons (Fsp3) is 0.556. The molecule has 1 saturated heterocycles. The molecule has 25 heavy (non-hydrogen) atoms. The van der Waals surface area contributed by atoms with E-state index in [9.17, 15) is 18.4 Å². The smallest absolute Gasteiger partial charge is 0.254 e. The Morgan fingerprint density at radius 1 is 1.40 bits per heavy atom. The van der Waals surface area contributed by atoms with Crippen molar-refractivity contribution in [2.45, 2.75) is 38.6 Å². The molecule has 5 nitrogen and oxygen atoms in total. The summed E-state index contributed by atoms with van der Waals surface area (Å²) in [4.78, 5) is 25.9. The highest BCUT2D eigenvalue weighted by atomic mass is 19.1. The quantitative estimate of drug-likeness (QED) is 0.769. The molecule has 0 bridgehead atoms. The molecule has 1 aromatic carbocycles. The van der Waals surface area contributed by atoms with E-state index in [1.807, 2.05) is 11.8 Å². The first kappa shape index (κ1) is 19.3. The Hall–Kier alpha value is -2.02. The van der Waals surface area contributed by atoms with E-state index < -0.39 is 17.5 Å². The molecule has 0 aliphatic carbocycles. The third-order valence-corrected chi connectivity index (χ3v) is 4.58. The normalized spacial score (nSPS) is 18.7. The number of carbonyl (C=O) groups is 2. The number of amides is 2. The van der Waals surface area contributed by atoms with Crippen molar-refractivity contribution in [1.29, 1.82) is 0 Å². The molecule has 0 spiro atoms. The van der Waals surface area contributed by atoms with Crippen molar-refractivity contribution < 1.29 is 18.4 Å². The van der Waals surface area contributed by atoms with Crippen LogP contribution in [-0.4, -0.2) is 42.4 Å². The van der Waals surface area contributed by atoms with Crippen molar-refractivity contribution in [2.75, 3.05) is 19.6 Å². The SMILES string of the molecule is CC(N)C1CCCN(C(=O)CCCNC(=O)c2ccc(F)cc2F)C1. The Labute approximate surface area is 146 Å². The van der Waals surface area contributed by atoms with Gasteiger partial charge < -0.3 is 16.0 Å². The molecule has 3 N–H and O–H groups in total. The summed E-state index contributed by atoms with van der Waals surface area (Å²) in [5.74, 6) is -1.86. The van der Waals surface area contributed by atoms with Gasteiger partial charge in [0.2, 0.25) is 5.91 Å². The van der Waals surface area contributed by atoms with Crippen LogP contribution in [0.2, 0.25) is 0 Å². The van der Waals surface area contributed by atoms with Gasteiger partial charge in [0.15, 0.2) is 0 Å². The first-order valence-electron chi connectivity index (χ1n) is 8.65. The van der Waals surface area contributed by atoms with Gasteiger partial charge in [0, 0.05) is 38.2 Å². The number of halogens is 2. The molecule has 2 amide bonds. The van der Waals surface area contributed by atoms with Crippen molar-refractivity contribution in [3.05, 3.63) is 35.4 Å². The van der Waals surface area contributed by atoms with Gasteiger partial charge in [-0.15, -0.1) is 0 Å². The molecule has 0 radical (unpaired) electrons. The number of nitrogens with two attached hydrogens (primary N) is 1. The zero-order chi connectivity index (χ0) is 18.4. The number of likely N-dealkylation sites (tertiary alicyclic amines) is 1. The fourth-order valence-electron chi connectivity index (χ4n) is 3.03. The first-order valence-corrected chi connectivity index (χ1v) is 8.65. The van der Waals surface area contributed by atoms with Gasteiger partial charge in [0.05, 0.1) is 5.56 Å². The minimum absolute atomic E-state index is 0.0487. The Morgan fingerprint density at radius 2 is 2.16 bits per heavy atom. The molecule has 2 rings (SSSR count). The first-order chi connectivity index (χ1) is 11.9. The summed E-state index contributed by atoms with van der Waals surface area (Å²) in [7, 11) is 0. The Bertz CT molecular complexity index is 622. The molecule has 1 aliphatic rings. The number of hydrogen-bond donors (Lipinski definition) is 2. The van der Waals surface area contributed by atoms with Crippen LogP contribution in [0.25, 0.3) is 0 Å². The monoisotopic (exact) mass is 353 g/mol. The van der Waals surface area contributed by atoms with Gasteiger partial charge in [0.25, 0.3) is 5.91 Å². The standard InChI is InChI=1S/C18H25F2N3O2/c1-12(21)13-4-3-9-23(11-13)17(24)5-2-8-22-18(25)15-7-6-14(19)10-16(15)20/h6-7,10,12-13H,2-5,8-9,11,21H2,1H3,(H,22,25). The molecule has 7 heteroatoms. The van der Waals surface area contributed by atoms with Crippen LogP contribution >= 0.6 is 0 Å². The van der Waals surface area contributed by atoms with E-state index in [1.165, 1.54) is 0 Å². The van der Waals surface area contributed by atoms with Gasteiger partial charge >= 0.3 is 0 Å². The minimum atomic E-state index is -0.899. The van der Waals surface area contributed by atoms with Crippen LogP contribution in [0.4, 0.5) is 8.78 Å². The predicted octanol–water partition coefficient (Wildman–Crippen LogP) is 2.06. The summed E-state index contributed by atoms with van der Waals surface area (Å²) in [5.41, 5.74) is 5.72. The Morgan fingerprint density at radius 3 is 2.84 bits per heavy atom. The number of carbonyl (C=O) groups excluding carboxylic acids is 2. The lowest BCUT2D eigenvalue weighted by Crippen LogP contribution is -2.45. The number of hydrogen-bond acceptors (Lipinski definition) is 3. The van der Waals surface area contributed by atoms with Crippen molar-refractivity contribution >= 4 is 11.8 Å². The number of rotatable bonds is 6. The van der Waals surface area contributed by atoms with E-state index in [0.29, 0.717) is 31.4 Å². The van der Waals surface area contributed by atoms with Crippen LogP contribution in [0, 0.1) is 17.6 Å². The Kier molecular flexibility index (Phi) is 6.87. The molecule has 1 aliphatic heterocycles. The van der Waals surface area contributed by atoms with E-state index in [-0.39, 0.29) is 24.1 Å². The zero-order valence-electron chi connectivity index (χ0n) is 14.4. The largest absolute Gasteiger partial charge is 0.352 e. The van der Waals surface area contributed by atoms with Crippen LogP contribution in [0.1, 0.15) is 43.0 Å². The van der Waals surface area contributed by atoms with Gasteiger partial charge in [-0.25, -0.2) is 8.78 Å². The zero-order valence-corrected chi connectivity index (χ0v) is 14.4. The summed E-state index contributed by atoms with van der Waals surface area (Å²) in [5, 5.41) is 2.55. The molecule has 1 aromatic rings. The van der Waals surface area contributed by atoms with Crippen molar-refractivity contribution in [2.24, 2.45) is 11.7 Å². The molecule has 0 aromatic heterocycles. The number of nitrogens with zero attached hydrogens (tertiary/aromatic N) is 1. The minimum Gasteiger partial charge on any atom is -0.352 e. The summed E-state index contributed by atoms with van der Waals surface area (Å²) in [6.45, 7) is 3.65. The summed E-state index contributed by atoms with van der Waals surface area (Å²) in [6.07, 6.45) is 2.78. The van der Waals surface area contributed by atoms with Gasteiger partial charge in [-0.2, -0.15) is 0 Å². The molecule has 2 atom stereocenters. The molecule has 2 unspecified atom stereocenters. The van der Waals surface area contributed by atoms with E-state index >= 15 is 0 Å². The van der Waals surface area contributed by atoms with Crippen molar-refractivity contribution in [3.8, 4) is 0 Å². The molecular formula is C18H25F2N3O2. The lowest BCUT2D eigenvalue weighted by Gasteiger charge is -2.34. The molecule has 1 fully saturated rings. The van der Waals surface area contributed by atoms with Gasteiger partial charge in [-0.05, 0) is 44.2 Å². The predicted molar refractivity (Wildman–Crippen MR) is 90.9 cm³/mol. The maximum Gasteiger partial charge on any atom is 0.254 e. The average molecular weight is 353 g/mol. The fourth-order valence-corrected chi connectivity index (χ4v) is 3.03. The van der Waals surface area contributed by atoms with Gasteiger partial charge in [-0.1, -0.05) is 0 Å². The topological polar surface area (TPSA) is 75.4 Å². The highest BCUT2D eigenvalue weighted by Gasteiger charge is 2.25. The van der Waals surface area contributed by atoms with Crippen LogP contribution < -0.4 is 11.1 Å². The van der Waals surface area contributed by atoms with Crippen LogP contribution in [0.15, 0.2) is 18.2 Å². The summed E-state index contributed by atoms with van der Waals surface area (Å²) < 4.78 is 26.3. The maximum atomic E-state index is 13.5. The highest BCUT2D eigenvalue weighted by molar-refractivity contribution is 5.94. The number of nitrogens with one attached hydrogen (secondary N) is 1. The maximum absolute atomic E-state index is 13.5. The van der Waals surface area contributed by atoms with Crippen LogP contribution in [0.5, 0.6) is 0 Å². The second-order valence-corrected chi connectivity index (χ2v) is 6.58. The van der Waals surface area contributed by atoms with Gasteiger partial charge in [0.1, 0.15) is 11.6 Å². The lowest BCUT2D eigenvalue weighted by molar-refractivity contribution is -0.133. The van der Waals surface area contributed by atoms with Crippen LogP contribution in [0.3, 0.4) is 0 Å². The highest BCUT2D eigenvalue weighted by Crippen LogP contribution is 2.19. The molecular weight excluding hydrogens is 328 g/mol. The second-order valence-electron chi connectivity index (χ2n) is 6.58. The van der Waals surface area contributed by atoms with E-state index in [4.69, 9.17) is 5.73 Å². The number of benzene rings is 1. The molecule has 0 saturated carbocycles. The average Bonchev–Trinajstić information content (AvgIpc) is 2.58. The third-order valence-electron chi connectivity index (χ3n) is 4.58. The van der Waals surface area contributed by atoms with E-state index in [0.717, 1.165) is 31.5 Å². The molecule has 1 heterocycles. The summed E-state index contributed by atoms with van der Waals surface area (Å²) in [6, 6.07) is 2.88.